The van der Waals surface area contributed by atoms with Gasteiger partial charge in [0.2, 0.25) is 0 Å². The number of carbonyl (C=O) groups is 1. The number of halogens is 2. The van der Waals surface area contributed by atoms with Crippen molar-refractivity contribution >= 4 is 12.0 Å². The van der Waals surface area contributed by atoms with Crippen molar-refractivity contribution in [3.05, 3.63) is 70.8 Å². The van der Waals surface area contributed by atoms with E-state index in [1.807, 2.05) is 24.3 Å². The van der Waals surface area contributed by atoms with Gasteiger partial charge in [-0.1, -0.05) is 24.3 Å². The predicted octanol–water partition coefficient (Wildman–Crippen LogP) is 2.98. The molecule has 2 unspecified atom stereocenters. The van der Waals surface area contributed by atoms with Crippen LogP contribution in [0, 0.1) is 11.6 Å². The Morgan fingerprint density at radius 2 is 1.96 bits per heavy atom. The molecule has 0 aromatic heterocycles. The van der Waals surface area contributed by atoms with Crippen LogP contribution in [0.3, 0.4) is 0 Å². The molecule has 4 nitrogen and oxygen atoms in total. The first-order valence-electron chi connectivity index (χ1n) is 7.82. The molecule has 25 heavy (non-hydrogen) atoms. The minimum Gasteiger partial charge on any atom is -0.488 e. The number of amides is 1. The molecule has 1 aliphatic rings. The SMILES string of the molecule is CC(NC(=O)C1=Cc2ccccc2OC1)C(O)c1ccc(F)c(F)c1. The smallest absolute Gasteiger partial charge is 0.250 e. The minimum atomic E-state index is -1.17. The molecular weight excluding hydrogens is 328 g/mol. The monoisotopic (exact) mass is 345 g/mol. The first kappa shape index (κ1) is 17.1. The Bertz CT molecular complexity index is 835. The second-order valence-electron chi connectivity index (χ2n) is 5.88. The van der Waals surface area contributed by atoms with Crippen molar-refractivity contribution in [2.45, 2.75) is 19.1 Å². The quantitative estimate of drug-likeness (QED) is 0.896. The zero-order valence-corrected chi connectivity index (χ0v) is 13.5. The lowest BCUT2D eigenvalue weighted by molar-refractivity contribution is -0.119. The first-order chi connectivity index (χ1) is 12.0. The molecule has 2 aromatic rings. The van der Waals surface area contributed by atoms with Crippen molar-refractivity contribution in [1.82, 2.24) is 5.32 Å². The molecular formula is C19H17F2NO3. The summed E-state index contributed by atoms with van der Waals surface area (Å²) in [5.74, 6) is -1.72. The van der Waals surface area contributed by atoms with Crippen LogP contribution in [0.1, 0.15) is 24.2 Å². The summed E-state index contributed by atoms with van der Waals surface area (Å²) in [5.41, 5.74) is 1.40. The topological polar surface area (TPSA) is 58.6 Å². The largest absolute Gasteiger partial charge is 0.488 e. The van der Waals surface area contributed by atoms with E-state index in [9.17, 15) is 18.7 Å². The fraction of sp³-hybridized carbons (Fsp3) is 0.211. The number of rotatable bonds is 4. The average Bonchev–Trinajstić information content (AvgIpc) is 2.62. The van der Waals surface area contributed by atoms with E-state index in [0.717, 1.165) is 17.7 Å². The Balaban J connectivity index is 1.70. The number of hydrogen-bond donors (Lipinski definition) is 2. The lowest BCUT2D eigenvalue weighted by atomic mass is 10.0. The fourth-order valence-electron chi connectivity index (χ4n) is 2.61. The highest BCUT2D eigenvalue weighted by molar-refractivity contribution is 5.99. The maximum atomic E-state index is 13.3. The number of ether oxygens (including phenoxy) is 1. The molecule has 1 aliphatic heterocycles. The van der Waals surface area contributed by atoms with Gasteiger partial charge >= 0.3 is 0 Å². The van der Waals surface area contributed by atoms with Crippen molar-refractivity contribution in [2.75, 3.05) is 6.61 Å². The van der Waals surface area contributed by atoms with Crippen LogP contribution < -0.4 is 10.1 Å². The third-order valence-electron chi connectivity index (χ3n) is 4.04. The highest BCUT2D eigenvalue weighted by Crippen LogP contribution is 2.26. The van der Waals surface area contributed by atoms with E-state index in [2.05, 4.69) is 5.32 Å². The molecule has 0 radical (unpaired) electrons. The van der Waals surface area contributed by atoms with Gasteiger partial charge in [0.1, 0.15) is 12.4 Å². The number of aliphatic hydroxyl groups is 1. The molecule has 0 saturated heterocycles. The first-order valence-corrected chi connectivity index (χ1v) is 7.82. The zero-order valence-electron chi connectivity index (χ0n) is 13.5. The van der Waals surface area contributed by atoms with Crippen LogP contribution in [0.4, 0.5) is 8.78 Å². The van der Waals surface area contributed by atoms with Gasteiger partial charge in [-0.15, -0.1) is 0 Å². The number of carbonyl (C=O) groups excluding carboxylic acids is 1. The van der Waals surface area contributed by atoms with E-state index in [4.69, 9.17) is 4.74 Å². The highest BCUT2D eigenvalue weighted by atomic mass is 19.2. The molecule has 2 atom stereocenters. The normalized spacial score (nSPS) is 15.4. The predicted molar refractivity (Wildman–Crippen MR) is 88.8 cm³/mol. The summed E-state index contributed by atoms with van der Waals surface area (Å²) in [5, 5.41) is 12.9. The van der Waals surface area contributed by atoms with E-state index in [1.165, 1.54) is 6.07 Å². The summed E-state index contributed by atoms with van der Waals surface area (Å²) >= 11 is 0. The van der Waals surface area contributed by atoms with Crippen molar-refractivity contribution in [2.24, 2.45) is 0 Å². The molecule has 1 heterocycles. The number of fused-ring (bicyclic) bond motifs is 1. The Labute approximate surface area is 143 Å². The Morgan fingerprint density at radius 1 is 1.20 bits per heavy atom. The van der Waals surface area contributed by atoms with Gasteiger partial charge in [0.05, 0.1) is 17.7 Å². The van der Waals surface area contributed by atoms with E-state index >= 15 is 0 Å². The molecule has 2 aromatic carbocycles. The molecule has 0 aliphatic carbocycles. The van der Waals surface area contributed by atoms with Crippen molar-refractivity contribution in [3.63, 3.8) is 0 Å². The van der Waals surface area contributed by atoms with Crippen LogP contribution in [0.25, 0.3) is 6.08 Å². The van der Waals surface area contributed by atoms with E-state index < -0.39 is 23.8 Å². The average molecular weight is 345 g/mol. The van der Waals surface area contributed by atoms with Crippen molar-refractivity contribution in [1.29, 1.82) is 0 Å². The molecule has 0 saturated carbocycles. The van der Waals surface area contributed by atoms with Gasteiger partial charge in [0.25, 0.3) is 5.91 Å². The minimum absolute atomic E-state index is 0.122. The van der Waals surface area contributed by atoms with Gasteiger partial charge in [-0.25, -0.2) is 8.78 Å². The Hall–Kier alpha value is -2.73. The summed E-state index contributed by atoms with van der Waals surface area (Å²) in [6, 6.07) is 9.78. The summed E-state index contributed by atoms with van der Waals surface area (Å²) in [6.07, 6.45) is 0.557. The maximum absolute atomic E-state index is 13.3. The van der Waals surface area contributed by atoms with E-state index in [0.29, 0.717) is 11.3 Å². The number of hydrogen-bond acceptors (Lipinski definition) is 3. The zero-order chi connectivity index (χ0) is 18.0. The van der Waals surface area contributed by atoms with Crippen LogP contribution in [-0.4, -0.2) is 23.7 Å². The molecule has 2 N–H and O–H groups in total. The molecule has 130 valence electrons. The lowest BCUT2D eigenvalue weighted by Gasteiger charge is -2.23. The number of benzene rings is 2. The van der Waals surface area contributed by atoms with Gasteiger partial charge in [-0.3, -0.25) is 4.79 Å². The van der Waals surface area contributed by atoms with Crippen molar-refractivity contribution < 1.29 is 23.4 Å². The summed E-state index contributed by atoms with van der Waals surface area (Å²) in [6.45, 7) is 1.71. The standard InChI is InChI=1S/C19H17F2NO3/c1-11(18(23)13-6-7-15(20)16(21)9-13)22-19(24)14-8-12-4-2-3-5-17(12)25-10-14/h2-9,11,18,23H,10H2,1H3,(H,22,24). The van der Waals surface area contributed by atoms with Gasteiger partial charge < -0.3 is 15.2 Å². The molecule has 0 spiro atoms. The van der Waals surface area contributed by atoms with E-state index in [1.54, 1.807) is 13.0 Å². The lowest BCUT2D eigenvalue weighted by Crippen LogP contribution is -2.39. The van der Waals surface area contributed by atoms with Crippen LogP contribution in [0.2, 0.25) is 0 Å². The maximum Gasteiger partial charge on any atom is 0.250 e. The number of para-hydroxylation sites is 1. The summed E-state index contributed by atoms with van der Waals surface area (Å²) in [7, 11) is 0. The third-order valence-corrected chi connectivity index (χ3v) is 4.04. The van der Waals surface area contributed by atoms with Gasteiger partial charge in [0.15, 0.2) is 11.6 Å². The fourth-order valence-corrected chi connectivity index (χ4v) is 2.61. The van der Waals surface area contributed by atoms with Crippen LogP contribution in [0.15, 0.2) is 48.0 Å². The van der Waals surface area contributed by atoms with Crippen LogP contribution >= 0.6 is 0 Å². The second-order valence-corrected chi connectivity index (χ2v) is 5.88. The third kappa shape index (κ3) is 3.69. The van der Waals surface area contributed by atoms with Gasteiger partial charge in [-0.05, 0) is 36.8 Å². The Kier molecular flexibility index (Phi) is 4.81. The van der Waals surface area contributed by atoms with E-state index in [-0.39, 0.29) is 18.1 Å². The highest BCUT2D eigenvalue weighted by Gasteiger charge is 2.23. The van der Waals surface area contributed by atoms with Crippen LogP contribution in [0.5, 0.6) is 5.75 Å². The summed E-state index contributed by atoms with van der Waals surface area (Å²) < 4.78 is 31.8. The number of aliphatic hydroxyl groups excluding tert-OH is 1. The van der Waals surface area contributed by atoms with Gasteiger partial charge in [-0.2, -0.15) is 0 Å². The van der Waals surface area contributed by atoms with Crippen molar-refractivity contribution in [3.8, 4) is 5.75 Å². The Morgan fingerprint density at radius 3 is 2.72 bits per heavy atom. The second kappa shape index (κ2) is 7.03. The van der Waals surface area contributed by atoms with Crippen LogP contribution in [-0.2, 0) is 4.79 Å². The molecule has 0 fully saturated rings. The molecule has 0 bridgehead atoms. The molecule has 6 heteroatoms. The summed E-state index contributed by atoms with van der Waals surface area (Å²) in [4.78, 5) is 12.4. The van der Waals surface area contributed by atoms with Gasteiger partial charge in [0, 0.05) is 5.56 Å². The molecule has 1 amide bonds. The number of nitrogens with one attached hydrogen (secondary N) is 1. The molecule has 3 rings (SSSR count).